The largest absolute Gasteiger partial charge is 0.484 e. The van der Waals surface area contributed by atoms with E-state index in [0.29, 0.717) is 5.92 Å². The second-order valence-corrected chi connectivity index (χ2v) is 8.22. The number of pyridine rings is 1. The fourth-order valence-corrected chi connectivity index (χ4v) is 4.36. The number of aromatic nitrogens is 3. The molecule has 0 fully saturated rings. The van der Waals surface area contributed by atoms with Crippen molar-refractivity contribution in [3.05, 3.63) is 59.5 Å². The molecule has 1 aromatic carbocycles. The predicted molar refractivity (Wildman–Crippen MR) is 110 cm³/mol. The zero-order valence-electron chi connectivity index (χ0n) is 17.0. The van der Waals surface area contributed by atoms with E-state index in [2.05, 4.69) is 65.6 Å². The Labute approximate surface area is 166 Å². The van der Waals surface area contributed by atoms with Crippen LogP contribution in [-0.2, 0) is 0 Å². The van der Waals surface area contributed by atoms with Crippen molar-refractivity contribution in [2.24, 2.45) is 11.7 Å². The molecule has 1 aliphatic carbocycles. The number of ether oxygens (including phenoxy) is 1. The first-order valence-corrected chi connectivity index (χ1v) is 9.98. The molecule has 1 unspecified atom stereocenters. The second-order valence-electron chi connectivity index (χ2n) is 8.22. The number of hydrogen-bond acceptors (Lipinski definition) is 5. The normalized spacial score (nSPS) is 20.5. The average Bonchev–Trinajstić information content (AvgIpc) is 3.07. The molecule has 0 aliphatic heterocycles. The predicted octanol–water partition coefficient (Wildman–Crippen LogP) is 3.90. The Morgan fingerprint density at radius 1 is 1.07 bits per heavy atom. The van der Waals surface area contributed by atoms with Crippen molar-refractivity contribution in [2.45, 2.75) is 44.9 Å². The van der Waals surface area contributed by atoms with Gasteiger partial charge in [-0.25, -0.2) is 0 Å². The summed E-state index contributed by atoms with van der Waals surface area (Å²) in [4.78, 5) is 2.19. The van der Waals surface area contributed by atoms with Gasteiger partial charge < -0.3 is 10.5 Å². The molecule has 2 heterocycles. The van der Waals surface area contributed by atoms with Gasteiger partial charge in [0, 0.05) is 6.04 Å². The van der Waals surface area contributed by atoms with Crippen LogP contribution in [0.4, 0.5) is 0 Å². The van der Waals surface area contributed by atoms with E-state index in [-0.39, 0.29) is 18.2 Å². The molecule has 1 aliphatic rings. The van der Waals surface area contributed by atoms with E-state index in [1.165, 1.54) is 11.1 Å². The highest BCUT2D eigenvalue weighted by Gasteiger charge is 2.27. The Balaban J connectivity index is 1.68. The van der Waals surface area contributed by atoms with Crippen LogP contribution in [0.3, 0.4) is 0 Å². The van der Waals surface area contributed by atoms with Gasteiger partial charge in [-0.15, -0.1) is 10.2 Å². The summed E-state index contributed by atoms with van der Waals surface area (Å²) in [5, 5.41) is 8.82. The van der Waals surface area contributed by atoms with E-state index < -0.39 is 0 Å². The summed E-state index contributed by atoms with van der Waals surface area (Å²) in [5.74, 6) is 2.18. The third-order valence-electron chi connectivity index (χ3n) is 5.61. The maximum atomic E-state index is 6.42. The van der Waals surface area contributed by atoms with E-state index in [1.807, 2.05) is 24.4 Å². The average molecular weight is 380 g/mol. The molecule has 2 aromatic heterocycles. The molecule has 0 saturated carbocycles. The molecule has 148 valence electrons. The Morgan fingerprint density at radius 3 is 2.54 bits per heavy atom. The van der Waals surface area contributed by atoms with Gasteiger partial charge in [0.25, 0.3) is 0 Å². The van der Waals surface area contributed by atoms with Crippen molar-refractivity contribution in [3.8, 4) is 5.75 Å². The summed E-state index contributed by atoms with van der Waals surface area (Å²) < 4.78 is 8.47. The lowest BCUT2D eigenvalue weighted by atomic mass is 9.86. The smallest absolute Gasteiger partial charge is 0.161 e. The highest BCUT2D eigenvalue weighted by Crippen LogP contribution is 2.37. The zero-order chi connectivity index (χ0) is 19.8. The first-order valence-electron chi connectivity index (χ1n) is 9.98. The lowest BCUT2D eigenvalue weighted by Gasteiger charge is -2.30. The molecule has 3 aromatic rings. The third-order valence-corrected chi connectivity index (χ3v) is 5.61. The van der Waals surface area contributed by atoms with Crippen molar-refractivity contribution >= 4 is 5.65 Å². The van der Waals surface area contributed by atoms with Gasteiger partial charge in [-0.2, -0.15) is 0 Å². The van der Waals surface area contributed by atoms with Gasteiger partial charge in [-0.05, 0) is 56.1 Å². The summed E-state index contributed by atoms with van der Waals surface area (Å²) in [5.41, 5.74) is 9.51. The number of hydrogen-bond donors (Lipinski definition) is 1. The topological polar surface area (TPSA) is 68.7 Å². The Hall–Kier alpha value is -2.44. The minimum Gasteiger partial charge on any atom is -0.484 e. The molecule has 6 heteroatoms. The quantitative estimate of drug-likeness (QED) is 0.728. The van der Waals surface area contributed by atoms with Crippen molar-refractivity contribution < 1.29 is 4.74 Å². The van der Waals surface area contributed by atoms with Gasteiger partial charge in [-0.3, -0.25) is 9.30 Å². The molecule has 0 bridgehead atoms. The number of nitrogens with zero attached hydrogens (tertiary/aromatic N) is 4. The number of nitrogens with two attached hydrogens (primary N) is 1. The van der Waals surface area contributed by atoms with Gasteiger partial charge in [0.05, 0.1) is 12.2 Å². The zero-order valence-corrected chi connectivity index (χ0v) is 17.0. The fraction of sp³-hybridized carbons (Fsp3) is 0.455. The minimum absolute atomic E-state index is 0.0168. The highest BCUT2D eigenvalue weighted by molar-refractivity contribution is 5.42. The summed E-state index contributed by atoms with van der Waals surface area (Å²) in [6, 6.07) is 12.6. The van der Waals surface area contributed by atoms with Crippen molar-refractivity contribution in [2.75, 3.05) is 14.1 Å². The number of rotatable bonds is 5. The van der Waals surface area contributed by atoms with Crippen LogP contribution < -0.4 is 10.5 Å². The summed E-state index contributed by atoms with van der Waals surface area (Å²) in [6.45, 7) is 4.41. The molecule has 0 spiro atoms. The van der Waals surface area contributed by atoms with Crippen LogP contribution in [0.25, 0.3) is 5.65 Å². The van der Waals surface area contributed by atoms with E-state index in [4.69, 9.17) is 10.5 Å². The number of fused-ring (bicyclic) bond motifs is 2. The summed E-state index contributed by atoms with van der Waals surface area (Å²) in [6.07, 6.45) is 3.87. The molecule has 0 radical (unpaired) electrons. The van der Waals surface area contributed by atoms with Gasteiger partial charge in [-0.1, -0.05) is 38.1 Å². The van der Waals surface area contributed by atoms with Crippen LogP contribution >= 0.6 is 0 Å². The molecule has 0 amide bonds. The lowest BCUT2D eigenvalue weighted by molar-refractivity contribution is 0.176. The molecule has 3 atom stereocenters. The molecule has 4 rings (SSSR count). The Morgan fingerprint density at radius 2 is 1.82 bits per heavy atom. The van der Waals surface area contributed by atoms with E-state index in [0.717, 1.165) is 30.1 Å². The Kier molecular flexibility index (Phi) is 5.08. The van der Waals surface area contributed by atoms with E-state index in [1.54, 1.807) is 0 Å². The highest BCUT2D eigenvalue weighted by atomic mass is 16.5. The van der Waals surface area contributed by atoms with E-state index in [9.17, 15) is 0 Å². The molecule has 6 nitrogen and oxygen atoms in total. The molecule has 0 saturated heterocycles. The van der Waals surface area contributed by atoms with Gasteiger partial charge in [0.15, 0.2) is 11.5 Å². The van der Waals surface area contributed by atoms with Crippen LogP contribution in [0.15, 0.2) is 42.6 Å². The maximum absolute atomic E-state index is 6.42. The van der Waals surface area contributed by atoms with Crippen molar-refractivity contribution in [1.82, 2.24) is 19.5 Å². The number of benzene rings is 1. The SMILES string of the molecule is CC(C)C(c1nnc2ccc(O[C@@H]3CC[C@H](N)c4ccccc43)cn12)N(C)C. The fourth-order valence-electron chi connectivity index (χ4n) is 4.36. The molecular weight excluding hydrogens is 350 g/mol. The van der Waals surface area contributed by atoms with Crippen molar-refractivity contribution in [1.29, 1.82) is 0 Å². The summed E-state index contributed by atoms with van der Waals surface area (Å²) >= 11 is 0. The molecule has 2 N–H and O–H groups in total. The second kappa shape index (κ2) is 7.53. The first kappa shape index (κ1) is 18.9. The van der Waals surface area contributed by atoms with E-state index >= 15 is 0 Å². The maximum Gasteiger partial charge on any atom is 0.161 e. The molecular formula is C22H29N5O. The standard InChI is InChI=1S/C22H29N5O/c1-14(2)21(26(3)4)22-25-24-20-12-9-15(13-27(20)22)28-19-11-10-18(23)16-7-5-6-8-17(16)19/h5-9,12-14,18-19,21H,10-11,23H2,1-4H3/t18-,19+,21?/m0/s1. The minimum atomic E-state index is 0.0168. The van der Waals surface area contributed by atoms with Gasteiger partial charge in [0.2, 0.25) is 0 Å². The monoisotopic (exact) mass is 379 g/mol. The van der Waals surface area contributed by atoms with Crippen LogP contribution in [0.5, 0.6) is 5.75 Å². The lowest BCUT2D eigenvalue weighted by Crippen LogP contribution is -2.26. The Bertz CT molecular complexity index is 956. The van der Waals surface area contributed by atoms with Crippen LogP contribution in [0, 0.1) is 5.92 Å². The van der Waals surface area contributed by atoms with Crippen LogP contribution in [0.2, 0.25) is 0 Å². The van der Waals surface area contributed by atoms with Crippen molar-refractivity contribution in [3.63, 3.8) is 0 Å². The molecule has 28 heavy (non-hydrogen) atoms. The third kappa shape index (κ3) is 3.38. The first-order chi connectivity index (χ1) is 13.5. The van der Waals surface area contributed by atoms with Gasteiger partial charge >= 0.3 is 0 Å². The van der Waals surface area contributed by atoms with Gasteiger partial charge in [0.1, 0.15) is 11.9 Å². The summed E-state index contributed by atoms with van der Waals surface area (Å²) in [7, 11) is 4.16. The van der Waals surface area contributed by atoms with Crippen LogP contribution in [-0.4, -0.2) is 33.6 Å². The van der Waals surface area contributed by atoms with Crippen LogP contribution in [0.1, 0.15) is 61.8 Å².